The molecule has 9 N–H and O–H groups in total. The maximum Gasteiger partial charge on any atom is 0.326 e. The number of aliphatic hydroxyl groups is 1. The van der Waals surface area contributed by atoms with E-state index in [0.717, 1.165) is 0 Å². The highest BCUT2D eigenvalue weighted by atomic mass is 16.4. The molecule has 0 saturated heterocycles. The summed E-state index contributed by atoms with van der Waals surface area (Å²) in [6, 6.07) is -3.85. The van der Waals surface area contributed by atoms with Gasteiger partial charge in [-0.1, -0.05) is 20.3 Å². The number of primary amides is 1. The number of hydrogen-bond acceptors (Lipinski definition) is 7. The average molecular weight is 403 g/mol. The molecular formula is C16H29N5O7. The van der Waals surface area contributed by atoms with Gasteiger partial charge in [0.25, 0.3) is 0 Å². The molecular weight excluding hydrogens is 374 g/mol. The van der Waals surface area contributed by atoms with E-state index < -0.39 is 66.8 Å². The molecule has 5 atom stereocenters. The van der Waals surface area contributed by atoms with Crippen LogP contribution in [0, 0.1) is 5.92 Å². The van der Waals surface area contributed by atoms with E-state index in [1.54, 1.807) is 13.8 Å². The van der Waals surface area contributed by atoms with Crippen molar-refractivity contribution in [1.29, 1.82) is 0 Å². The van der Waals surface area contributed by atoms with Crippen LogP contribution in [0.1, 0.15) is 33.6 Å². The highest BCUT2D eigenvalue weighted by molar-refractivity contribution is 5.93. The van der Waals surface area contributed by atoms with Crippen LogP contribution in [0.4, 0.5) is 0 Å². The molecule has 0 bridgehead atoms. The molecule has 0 aliphatic carbocycles. The van der Waals surface area contributed by atoms with Crippen molar-refractivity contribution in [3.63, 3.8) is 0 Å². The number of hydrogen-bond donors (Lipinski definition) is 7. The lowest BCUT2D eigenvalue weighted by molar-refractivity contribution is -0.144. The first kappa shape index (κ1) is 25.3. The Hall–Kier alpha value is -2.73. The fourth-order valence-corrected chi connectivity index (χ4v) is 2.09. The molecule has 0 radical (unpaired) electrons. The van der Waals surface area contributed by atoms with Crippen molar-refractivity contribution in [2.24, 2.45) is 17.4 Å². The number of carbonyl (C=O) groups is 5. The molecule has 0 aliphatic rings. The van der Waals surface area contributed by atoms with Crippen molar-refractivity contribution in [1.82, 2.24) is 16.0 Å². The maximum absolute atomic E-state index is 12.4. The van der Waals surface area contributed by atoms with E-state index in [1.165, 1.54) is 6.92 Å². The van der Waals surface area contributed by atoms with Crippen molar-refractivity contribution in [2.75, 3.05) is 6.54 Å². The van der Waals surface area contributed by atoms with E-state index >= 15 is 0 Å². The molecule has 12 nitrogen and oxygen atoms in total. The standard InChI is InChI=1S/C16H29N5O7/c1-4-7(2)13(15(26)20-9(16(27)28)5-10(17)23)21-11(24)6-19-14(25)12(18)8(3)22/h7-9,12-13,22H,4-6,18H2,1-3H3,(H2,17,23)(H,19,25)(H,20,26)(H,21,24)(H,27,28). The smallest absolute Gasteiger partial charge is 0.326 e. The van der Waals surface area contributed by atoms with Crippen molar-refractivity contribution in [3.8, 4) is 0 Å². The van der Waals surface area contributed by atoms with Crippen molar-refractivity contribution >= 4 is 29.6 Å². The van der Waals surface area contributed by atoms with Crippen LogP contribution in [0.15, 0.2) is 0 Å². The number of aliphatic hydroxyl groups excluding tert-OH is 1. The van der Waals surface area contributed by atoms with Gasteiger partial charge in [0.2, 0.25) is 23.6 Å². The largest absolute Gasteiger partial charge is 0.480 e. The van der Waals surface area contributed by atoms with Crippen LogP contribution in [0.2, 0.25) is 0 Å². The fraction of sp³-hybridized carbons (Fsp3) is 0.688. The van der Waals surface area contributed by atoms with E-state index in [2.05, 4.69) is 16.0 Å². The quantitative estimate of drug-likeness (QED) is 0.175. The highest BCUT2D eigenvalue weighted by Gasteiger charge is 2.30. The van der Waals surface area contributed by atoms with Crippen LogP contribution >= 0.6 is 0 Å². The minimum absolute atomic E-state index is 0.373. The van der Waals surface area contributed by atoms with Gasteiger partial charge in [-0.05, 0) is 12.8 Å². The van der Waals surface area contributed by atoms with Gasteiger partial charge < -0.3 is 37.6 Å². The number of aliphatic carboxylic acids is 1. The molecule has 0 saturated carbocycles. The first-order valence-corrected chi connectivity index (χ1v) is 8.72. The summed E-state index contributed by atoms with van der Waals surface area (Å²) >= 11 is 0. The predicted molar refractivity (Wildman–Crippen MR) is 97.4 cm³/mol. The Morgan fingerprint density at radius 3 is 2.04 bits per heavy atom. The van der Waals surface area contributed by atoms with E-state index in [4.69, 9.17) is 16.6 Å². The Morgan fingerprint density at radius 1 is 1.04 bits per heavy atom. The third-order valence-corrected chi connectivity index (χ3v) is 4.08. The molecule has 0 spiro atoms. The van der Waals surface area contributed by atoms with Gasteiger partial charge >= 0.3 is 5.97 Å². The summed E-state index contributed by atoms with van der Waals surface area (Å²) in [5, 5.41) is 25.1. The number of nitrogens with one attached hydrogen (secondary N) is 3. The van der Waals surface area contributed by atoms with Crippen LogP contribution < -0.4 is 27.4 Å². The summed E-state index contributed by atoms with van der Waals surface area (Å²) in [6.45, 7) is 4.25. The van der Waals surface area contributed by atoms with Crippen LogP contribution in [0.25, 0.3) is 0 Å². The zero-order chi connectivity index (χ0) is 22.0. The maximum atomic E-state index is 12.4. The lowest BCUT2D eigenvalue weighted by atomic mass is 9.97. The van der Waals surface area contributed by atoms with Crippen molar-refractivity contribution in [3.05, 3.63) is 0 Å². The lowest BCUT2D eigenvalue weighted by Gasteiger charge is -2.25. The average Bonchev–Trinajstić information content (AvgIpc) is 2.61. The number of nitrogens with two attached hydrogens (primary N) is 2. The predicted octanol–water partition coefficient (Wildman–Crippen LogP) is -3.21. The summed E-state index contributed by atoms with van der Waals surface area (Å²) in [5.74, 6) is -4.99. The second-order valence-electron chi connectivity index (χ2n) is 6.48. The monoisotopic (exact) mass is 403 g/mol. The lowest BCUT2D eigenvalue weighted by Crippen LogP contribution is -2.56. The SMILES string of the molecule is CCC(C)C(NC(=O)CNC(=O)C(N)C(C)O)C(=O)NC(CC(N)=O)C(=O)O. The van der Waals surface area contributed by atoms with E-state index in [1.807, 2.05) is 0 Å². The Bertz CT molecular complexity index is 596. The minimum atomic E-state index is -1.53. The van der Waals surface area contributed by atoms with Gasteiger partial charge in [0, 0.05) is 0 Å². The molecule has 5 unspecified atom stereocenters. The van der Waals surface area contributed by atoms with Gasteiger partial charge in [-0.2, -0.15) is 0 Å². The van der Waals surface area contributed by atoms with Gasteiger partial charge in [0.05, 0.1) is 19.1 Å². The molecule has 0 aliphatic heterocycles. The van der Waals surface area contributed by atoms with Gasteiger partial charge in [-0.15, -0.1) is 0 Å². The first-order valence-electron chi connectivity index (χ1n) is 8.72. The Labute approximate surface area is 162 Å². The molecule has 0 fully saturated rings. The molecule has 4 amide bonds. The zero-order valence-corrected chi connectivity index (χ0v) is 16.1. The number of carboxylic acids is 1. The molecule has 0 heterocycles. The second kappa shape index (κ2) is 11.9. The van der Waals surface area contributed by atoms with Crippen LogP contribution in [-0.2, 0) is 24.0 Å². The molecule has 12 heteroatoms. The highest BCUT2D eigenvalue weighted by Crippen LogP contribution is 2.09. The summed E-state index contributed by atoms with van der Waals surface area (Å²) in [4.78, 5) is 58.3. The van der Waals surface area contributed by atoms with Crippen LogP contribution in [0.5, 0.6) is 0 Å². The molecule has 0 rings (SSSR count). The van der Waals surface area contributed by atoms with Crippen molar-refractivity contribution in [2.45, 2.75) is 57.8 Å². The third kappa shape index (κ3) is 8.77. The third-order valence-electron chi connectivity index (χ3n) is 4.08. The molecule has 0 aromatic carbocycles. The fourth-order valence-electron chi connectivity index (χ4n) is 2.09. The van der Waals surface area contributed by atoms with Gasteiger partial charge in [-0.3, -0.25) is 19.2 Å². The summed E-state index contributed by atoms with van der Waals surface area (Å²) in [6.07, 6.45) is -1.24. The molecule has 0 aromatic heterocycles. The normalized spacial score (nSPS) is 16.0. The Balaban J connectivity index is 5.00. The van der Waals surface area contributed by atoms with Gasteiger partial charge in [0.15, 0.2) is 0 Å². The van der Waals surface area contributed by atoms with Crippen LogP contribution in [-0.4, -0.2) is 70.6 Å². The number of rotatable bonds is 12. The topological polar surface area (TPSA) is 214 Å². The van der Waals surface area contributed by atoms with Crippen molar-refractivity contribution < 1.29 is 34.2 Å². The minimum Gasteiger partial charge on any atom is -0.480 e. The Morgan fingerprint density at radius 2 is 1.61 bits per heavy atom. The van der Waals surface area contributed by atoms with E-state index in [0.29, 0.717) is 6.42 Å². The van der Waals surface area contributed by atoms with Crippen LogP contribution in [0.3, 0.4) is 0 Å². The molecule has 160 valence electrons. The summed E-state index contributed by atoms with van der Waals surface area (Å²) < 4.78 is 0. The first-order chi connectivity index (χ1) is 12.9. The zero-order valence-electron chi connectivity index (χ0n) is 16.1. The summed E-state index contributed by atoms with van der Waals surface area (Å²) in [5.41, 5.74) is 10.4. The molecule has 0 aromatic rings. The van der Waals surface area contributed by atoms with E-state index in [-0.39, 0.29) is 5.92 Å². The number of carbonyl (C=O) groups excluding carboxylic acids is 4. The number of amides is 4. The van der Waals surface area contributed by atoms with Gasteiger partial charge in [0.1, 0.15) is 18.1 Å². The van der Waals surface area contributed by atoms with E-state index in [9.17, 15) is 29.1 Å². The van der Waals surface area contributed by atoms with Gasteiger partial charge in [-0.25, -0.2) is 4.79 Å². The number of carboxylic acid groups (broad SMARTS) is 1. The second-order valence-corrected chi connectivity index (χ2v) is 6.48. The summed E-state index contributed by atoms with van der Waals surface area (Å²) in [7, 11) is 0. The molecule has 28 heavy (non-hydrogen) atoms. The Kier molecular flexibility index (Phi) is 10.7.